The first-order valence-electron chi connectivity index (χ1n) is 39.6. The number of hydrogen-bond acceptors (Lipinski definition) is 2. The molecule has 0 amide bonds. The predicted molar refractivity (Wildman–Crippen MR) is 495 cm³/mol. The summed E-state index contributed by atoms with van der Waals surface area (Å²) in [5.74, 6) is -19.7. The Morgan fingerprint density at radius 1 is 0.208 bits per heavy atom. The minimum Gasteiger partial charge on any atom is -0.356 e. The largest absolute Gasteiger partial charge is 0.356 e. The number of anilines is 5. The van der Waals surface area contributed by atoms with Gasteiger partial charge < -0.3 is 19.4 Å². The van der Waals surface area contributed by atoms with Crippen LogP contribution in [0.4, 0.5) is 77.0 Å². The molecule has 22 rings (SSSR count). The molecule has 4 nitrogen and oxygen atoms in total. The summed E-state index contributed by atoms with van der Waals surface area (Å²) in [7, 11) is 0. The molecule has 17 heteroatoms. The maximum Gasteiger partial charge on any atom is 0.200 e. The average Bonchev–Trinajstić information content (AvgIpc) is 1.71. The summed E-state index contributed by atoms with van der Waals surface area (Å²) in [4.78, 5) is 2.02. The molecule has 0 fully saturated rings. The van der Waals surface area contributed by atoms with Gasteiger partial charge in [0.15, 0.2) is 46.5 Å². The molecule has 1 N–H and O–H groups in total. The van der Waals surface area contributed by atoms with Crippen LogP contribution in [0.25, 0.3) is 164 Å². The average molecular weight is 1720 g/mol. The van der Waals surface area contributed by atoms with E-state index in [4.69, 9.17) is 0 Å². The van der Waals surface area contributed by atoms with Gasteiger partial charge in [-0.25, -0.2) is 43.9 Å². The van der Waals surface area contributed by atoms with E-state index in [1.807, 2.05) is 65.6 Å². The number of aromatic nitrogens is 2. The first-order valence-corrected chi connectivity index (χ1v) is 40.4. The lowest BCUT2D eigenvalue weighted by molar-refractivity contribution is 0.381. The van der Waals surface area contributed by atoms with Gasteiger partial charge in [0.05, 0.1) is 33.2 Å². The Morgan fingerprint density at radius 2 is 0.480 bits per heavy atom. The molecular weight excluding hydrogens is 1650 g/mol. The van der Waals surface area contributed by atoms with Gasteiger partial charge in [-0.15, -0.1) is 0 Å². The van der Waals surface area contributed by atoms with Crippen LogP contribution in [-0.4, -0.2) is 17.5 Å². The van der Waals surface area contributed by atoms with E-state index in [-0.39, 0.29) is 24.2 Å². The Bertz CT molecular complexity index is 7840. The zero-order chi connectivity index (χ0) is 83.8. The third-order valence-electron chi connectivity index (χ3n) is 23.0. The summed E-state index contributed by atoms with van der Waals surface area (Å²) in [5.41, 5.74) is 13.6. The van der Waals surface area contributed by atoms with E-state index >= 15 is 0 Å². The first-order chi connectivity index (χ1) is 60.1. The van der Waals surface area contributed by atoms with Crippen molar-refractivity contribution in [2.24, 2.45) is 0 Å². The van der Waals surface area contributed by atoms with Gasteiger partial charge in [-0.2, -0.15) is 0 Å². The van der Waals surface area contributed by atoms with Crippen LogP contribution in [-0.2, 0) is 0 Å². The van der Waals surface area contributed by atoms with Crippen LogP contribution >= 0.6 is 15.9 Å². The number of benzene rings is 20. The number of para-hydroxylation sites is 4. The molecule has 0 bridgehead atoms. The molecular formula is C108H64BBrF11N4. The highest BCUT2D eigenvalue weighted by atomic mass is 79.9. The molecule has 0 unspecified atom stereocenters. The van der Waals surface area contributed by atoms with Crippen LogP contribution in [0.5, 0.6) is 0 Å². The van der Waals surface area contributed by atoms with Crippen molar-refractivity contribution in [2.75, 3.05) is 10.2 Å². The topological polar surface area (TPSA) is 25.1 Å². The smallest absolute Gasteiger partial charge is 0.200 e. The summed E-state index contributed by atoms with van der Waals surface area (Å²) in [6.45, 7) is 0. The number of fused-ring (bicyclic) bond motifs is 18. The minimum atomic E-state index is -2.19. The Kier molecular flexibility index (Phi) is 21.6. The zero-order valence-electron chi connectivity index (χ0n) is 65.8. The van der Waals surface area contributed by atoms with Crippen LogP contribution in [0.1, 0.15) is 0 Å². The maximum atomic E-state index is 15.0. The Morgan fingerprint density at radius 3 is 0.872 bits per heavy atom. The molecule has 0 saturated heterocycles. The Labute approximate surface area is 719 Å². The van der Waals surface area contributed by atoms with E-state index in [2.05, 4.69) is 297 Å². The quantitative estimate of drug-likeness (QED) is 0.0459. The Hall–Kier alpha value is -15.1. The van der Waals surface area contributed by atoms with E-state index in [9.17, 15) is 43.9 Å². The van der Waals surface area contributed by atoms with Gasteiger partial charge in [0.25, 0.3) is 0 Å². The van der Waals surface area contributed by atoms with Crippen LogP contribution < -0.4 is 10.2 Å². The summed E-state index contributed by atoms with van der Waals surface area (Å²) in [6.07, 6.45) is 0. The lowest BCUT2D eigenvalue weighted by Crippen LogP contribution is -2.10. The minimum absolute atomic E-state index is 0. The van der Waals surface area contributed by atoms with Gasteiger partial charge in [-0.05, 0) is 231 Å². The second-order valence-electron chi connectivity index (χ2n) is 30.0. The lowest BCUT2D eigenvalue weighted by Gasteiger charge is -2.27. The van der Waals surface area contributed by atoms with E-state index in [1.54, 1.807) is 12.1 Å². The summed E-state index contributed by atoms with van der Waals surface area (Å²) in [5, 5.41) is 22.8. The highest BCUT2D eigenvalue weighted by molar-refractivity contribution is 9.10. The van der Waals surface area contributed by atoms with Crippen LogP contribution in [0, 0.1) is 58.2 Å². The van der Waals surface area contributed by atoms with Gasteiger partial charge >= 0.3 is 0 Å². The van der Waals surface area contributed by atoms with Gasteiger partial charge in [0.2, 0.25) is 11.6 Å². The van der Waals surface area contributed by atoms with Gasteiger partial charge in [-0.3, -0.25) is 4.70 Å². The third-order valence-corrected chi connectivity index (χ3v) is 23.6. The zero-order valence-corrected chi connectivity index (χ0v) is 67.4. The molecule has 20 aromatic carbocycles. The number of rotatable bonds is 11. The molecule has 22 aromatic rings. The summed E-state index contributed by atoms with van der Waals surface area (Å²) >= 11 is 3.10. The second-order valence-corrected chi connectivity index (χ2v) is 31.0. The number of nitrogens with zero attached hydrogens (tertiary/aromatic N) is 3. The van der Waals surface area contributed by atoms with Crippen molar-refractivity contribution in [3.8, 4) is 55.9 Å². The molecule has 0 atom stereocenters. The van der Waals surface area contributed by atoms with Crippen molar-refractivity contribution >= 4 is 161 Å². The second kappa shape index (κ2) is 33.4. The fourth-order valence-corrected chi connectivity index (χ4v) is 17.6. The molecule has 0 aliphatic heterocycles. The third kappa shape index (κ3) is 14.3. The molecule has 125 heavy (non-hydrogen) atoms. The van der Waals surface area contributed by atoms with Gasteiger partial charge in [-0.1, -0.05) is 259 Å². The Balaban J connectivity index is 0.000000144. The summed E-state index contributed by atoms with van der Waals surface area (Å²) < 4.78 is 143. The van der Waals surface area contributed by atoms with Gasteiger partial charge in [0.1, 0.15) is 0 Å². The summed E-state index contributed by atoms with van der Waals surface area (Å²) in [6, 6.07) is 127. The first kappa shape index (κ1) is 81.0. The van der Waals surface area contributed by atoms with Crippen molar-refractivity contribution < 1.29 is 48.6 Å². The van der Waals surface area contributed by atoms with Crippen LogP contribution in [0.2, 0.25) is 0 Å². The lowest BCUT2D eigenvalue weighted by atomic mass is 9.94. The number of hydrogen-bond donors (Lipinski definition) is 1. The van der Waals surface area contributed by atoms with Crippen LogP contribution in [0.15, 0.2) is 381 Å². The fourth-order valence-electron chi connectivity index (χ4n) is 17.3. The number of halogens is 12. The SMILES string of the molecule is F.Fc1c(F)c(F)c(-c2ccc(Br)cc2)c(F)c1F.Fc1c(F)c(F)c(-c2ccc(N(c3ccc(-c4ccc5c(c4)c4ccccc4n5-c4ccccc4)cc3)c3ccc4c5ccccc5c5ccccc5c4c3)cc2)c(F)c1F.[B].c1ccc(-n2c3ccccc3c3cc(-c4ccc(Nc5ccc6c7ccccc7c7ccccc7c6c5)cc4)ccc32)cc1. The van der Waals surface area contributed by atoms with Crippen molar-refractivity contribution in [2.45, 2.75) is 0 Å². The fraction of sp³-hybridized carbons (Fsp3) is 0. The normalized spacial score (nSPS) is 11.4. The highest BCUT2D eigenvalue weighted by Crippen LogP contribution is 2.46. The molecule has 0 aliphatic rings. The predicted octanol–water partition coefficient (Wildman–Crippen LogP) is 32.0. The highest BCUT2D eigenvalue weighted by Gasteiger charge is 2.29. The van der Waals surface area contributed by atoms with E-state index < -0.39 is 69.3 Å². The van der Waals surface area contributed by atoms with Crippen LogP contribution in [0.3, 0.4) is 0 Å². The number of nitrogens with one attached hydrogen (secondary N) is 1. The van der Waals surface area contributed by atoms with Gasteiger partial charge in [0, 0.05) is 74.2 Å². The molecule has 0 saturated carbocycles. The standard InChI is InChI=1S/C54H31F5N2.C42H28N2.C12H4BrF5.B.FH/c55-50-49(51(56)53(58)54(59)52(50)57)33-20-25-37(26-21-33)60(38-27-28-43-41-14-5-4-12-39(41)40-13-6-7-15-42(40)45(43)31-38)36-23-18-32(19-24-36)34-22-29-48-46(30-34)44-16-8-9-17-47(44)61(48)35-10-2-1-3-11-35;1-2-10-32(11-3-1)44-41-17-9-8-16-38(41)40-26-29(20-25-42(40)44)28-18-21-30(22-19-28)43-31-23-24-37-35-14-5-4-12-33(35)34-13-6-7-15-36(34)39(37)27-31;13-6-3-1-5(2-4-6)7-8(14)10(16)12(18)11(17)9(7)15;;/h1-31H;1-27,43H;1-4H;;1H. The van der Waals surface area contributed by atoms with Crippen molar-refractivity contribution in [3.63, 3.8) is 0 Å². The van der Waals surface area contributed by atoms with E-state index in [0.29, 0.717) is 10.2 Å². The van der Waals surface area contributed by atoms with Crippen molar-refractivity contribution in [3.05, 3.63) is 439 Å². The molecule has 3 radical (unpaired) electrons. The van der Waals surface area contributed by atoms with Crippen molar-refractivity contribution in [1.82, 2.24) is 9.13 Å². The molecule has 2 aromatic heterocycles. The molecule has 603 valence electrons. The molecule has 2 heterocycles. The molecule has 0 spiro atoms. The van der Waals surface area contributed by atoms with E-state index in [0.717, 1.165) is 93.7 Å². The monoisotopic (exact) mass is 1720 g/mol. The maximum absolute atomic E-state index is 15.0. The molecule has 0 aliphatic carbocycles. The van der Waals surface area contributed by atoms with E-state index in [1.165, 1.54) is 107 Å². The van der Waals surface area contributed by atoms with Crippen molar-refractivity contribution in [1.29, 1.82) is 0 Å².